The van der Waals surface area contributed by atoms with Crippen LogP contribution in [-0.4, -0.2) is 49.2 Å². The first-order valence-electron chi connectivity index (χ1n) is 8.62. The van der Waals surface area contributed by atoms with Crippen LogP contribution < -0.4 is 14.8 Å². The lowest BCUT2D eigenvalue weighted by Crippen LogP contribution is -2.45. The summed E-state index contributed by atoms with van der Waals surface area (Å²) in [6.45, 7) is 2.89. The summed E-state index contributed by atoms with van der Waals surface area (Å²) in [6.07, 6.45) is -4.70. The van der Waals surface area contributed by atoms with Gasteiger partial charge in [-0.25, -0.2) is 0 Å². The topological polar surface area (TPSA) is 67.9 Å². The van der Waals surface area contributed by atoms with Crippen LogP contribution in [0.2, 0.25) is 0 Å². The number of fused-ring (bicyclic) bond motifs is 1. The predicted molar refractivity (Wildman–Crippen MR) is 89.3 cm³/mol. The van der Waals surface area contributed by atoms with Gasteiger partial charge in [-0.3, -0.25) is 9.59 Å². The van der Waals surface area contributed by atoms with Crippen molar-refractivity contribution in [3.8, 4) is 11.5 Å². The number of nitrogens with zero attached hydrogens (tertiary/aromatic N) is 1. The first-order valence-corrected chi connectivity index (χ1v) is 8.62. The highest BCUT2D eigenvalue weighted by Gasteiger charge is 2.41. The highest BCUT2D eigenvalue weighted by molar-refractivity contribution is 5.89. The van der Waals surface area contributed by atoms with E-state index in [0.29, 0.717) is 29.6 Å². The zero-order valence-electron chi connectivity index (χ0n) is 15.1. The van der Waals surface area contributed by atoms with E-state index in [4.69, 9.17) is 9.47 Å². The van der Waals surface area contributed by atoms with Gasteiger partial charge in [-0.1, -0.05) is 6.07 Å². The minimum absolute atomic E-state index is 0.223. The van der Waals surface area contributed by atoms with E-state index in [0.717, 1.165) is 5.56 Å². The van der Waals surface area contributed by atoms with Crippen molar-refractivity contribution in [3.63, 3.8) is 0 Å². The fourth-order valence-corrected chi connectivity index (χ4v) is 3.23. The molecule has 148 valence electrons. The number of carbonyl (C=O) groups excluding carboxylic acids is 2. The molecule has 1 atom stereocenters. The lowest BCUT2D eigenvalue weighted by molar-refractivity contribution is -0.157. The van der Waals surface area contributed by atoms with Crippen molar-refractivity contribution in [3.05, 3.63) is 23.8 Å². The summed E-state index contributed by atoms with van der Waals surface area (Å²) in [7, 11) is 0. The largest absolute Gasteiger partial charge is 0.486 e. The number of nitrogens with one attached hydrogen (secondary N) is 1. The number of hydrogen-bond acceptors (Lipinski definition) is 4. The van der Waals surface area contributed by atoms with Crippen molar-refractivity contribution in [1.82, 2.24) is 10.2 Å². The number of ether oxygens (including phenoxy) is 2. The lowest BCUT2D eigenvalue weighted by atomic mass is 9.92. The van der Waals surface area contributed by atoms with Gasteiger partial charge < -0.3 is 19.7 Å². The van der Waals surface area contributed by atoms with E-state index in [2.05, 4.69) is 5.32 Å². The SMILES string of the molecule is CC(C)(NC(=O)C1CC(=O)N(CC(F)(F)F)C1)c1ccc2c(c1)OCCO2. The summed E-state index contributed by atoms with van der Waals surface area (Å²) in [5, 5.41) is 2.83. The van der Waals surface area contributed by atoms with Crippen molar-refractivity contribution in [1.29, 1.82) is 0 Å². The Morgan fingerprint density at radius 3 is 2.56 bits per heavy atom. The molecule has 2 heterocycles. The van der Waals surface area contributed by atoms with Crippen LogP contribution in [0.1, 0.15) is 25.8 Å². The standard InChI is InChI=1S/C18H21F3N2O4/c1-17(2,12-3-4-13-14(8-12)27-6-5-26-13)22-16(25)11-7-15(24)23(9-11)10-18(19,20)21/h3-4,8,11H,5-7,9-10H2,1-2H3,(H,22,25). The summed E-state index contributed by atoms with van der Waals surface area (Å²) in [4.78, 5) is 25.0. The van der Waals surface area contributed by atoms with Gasteiger partial charge in [0.25, 0.3) is 0 Å². The Balaban J connectivity index is 1.67. The molecule has 0 aliphatic carbocycles. The number of halogens is 3. The van der Waals surface area contributed by atoms with Gasteiger partial charge in [0, 0.05) is 13.0 Å². The Hall–Kier alpha value is -2.45. The smallest absolute Gasteiger partial charge is 0.406 e. The van der Waals surface area contributed by atoms with Gasteiger partial charge >= 0.3 is 6.18 Å². The van der Waals surface area contributed by atoms with Gasteiger partial charge in [0.15, 0.2) is 11.5 Å². The number of likely N-dealkylation sites (tertiary alicyclic amines) is 1. The van der Waals surface area contributed by atoms with Crippen molar-refractivity contribution in [2.24, 2.45) is 5.92 Å². The number of hydrogen-bond donors (Lipinski definition) is 1. The number of carbonyl (C=O) groups is 2. The highest BCUT2D eigenvalue weighted by atomic mass is 19.4. The second-order valence-electron chi connectivity index (χ2n) is 7.26. The third-order valence-corrected chi connectivity index (χ3v) is 4.65. The molecular formula is C18H21F3N2O4. The van der Waals surface area contributed by atoms with E-state index in [-0.39, 0.29) is 13.0 Å². The van der Waals surface area contributed by atoms with Crippen LogP contribution in [0.25, 0.3) is 0 Å². The first-order chi connectivity index (χ1) is 12.5. The molecule has 0 aromatic heterocycles. The third kappa shape index (κ3) is 4.45. The molecule has 0 radical (unpaired) electrons. The van der Waals surface area contributed by atoms with Crippen LogP contribution >= 0.6 is 0 Å². The highest BCUT2D eigenvalue weighted by Crippen LogP contribution is 2.34. The summed E-state index contributed by atoms with van der Waals surface area (Å²) in [5.74, 6) is -0.723. The number of alkyl halides is 3. The summed E-state index contributed by atoms with van der Waals surface area (Å²) in [6, 6.07) is 5.32. The fraction of sp³-hybridized carbons (Fsp3) is 0.556. The average molecular weight is 386 g/mol. The monoisotopic (exact) mass is 386 g/mol. The van der Waals surface area contributed by atoms with Crippen LogP contribution in [0.4, 0.5) is 13.2 Å². The Bertz CT molecular complexity index is 749. The van der Waals surface area contributed by atoms with Gasteiger partial charge in [0.2, 0.25) is 11.8 Å². The fourth-order valence-electron chi connectivity index (χ4n) is 3.23. The van der Waals surface area contributed by atoms with Crippen LogP contribution in [0.15, 0.2) is 18.2 Å². The van der Waals surface area contributed by atoms with Crippen LogP contribution in [0, 0.1) is 5.92 Å². The molecule has 2 aliphatic rings. The minimum atomic E-state index is -4.48. The Labute approximate surface area is 154 Å². The van der Waals surface area contributed by atoms with Gasteiger partial charge in [-0.15, -0.1) is 0 Å². The van der Waals surface area contributed by atoms with E-state index in [9.17, 15) is 22.8 Å². The maximum absolute atomic E-state index is 12.6. The summed E-state index contributed by atoms with van der Waals surface area (Å²) >= 11 is 0. The molecule has 1 N–H and O–H groups in total. The van der Waals surface area contributed by atoms with E-state index in [1.807, 2.05) is 0 Å². The Morgan fingerprint density at radius 1 is 1.22 bits per heavy atom. The molecule has 1 aromatic carbocycles. The minimum Gasteiger partial charge on any atom is -0.486 e. The summed E-state index contributed by atoms with van der Waals surface area (Å²) < 4.78 is 48.6. The molecule has 27 heavy (non-hydrogen) atoms. The number of rotatable bonds is 4. The molecule has 2 amide bonds. The molecule has 2 aliphatic heterocycles. The van der Waals surface area contributed by atoms with Gasteiger partial charge in [-0.2, -0.15) is 13.2 Å². The van der Waals surface area contributed by atoms with E-state index in [1.165, 1.54) is 0 Å². The third-order valence-electron chi connectivity index (χ3n) is 4.65. The maximum Gasteiger partial charge on any atom is 0.406 e. The molecule has 1 unspecified atom stereocenters. The molecule has 1 saturated heterocycles. The normalized spacial score (nSPS) is 20.0. The molecule has 3 rings (SSSR count). The summed E-state index contributed by atoms with van der Waals surface area (Å²) in [5.41, 5.74) is -0.0375. The molecule has 0 bridgehead atoms. The molecule has 0 spiro atoms. The van der Waals surface area contributed by atoms with Crippen molar-refractivity contribution >= 4 is 11.8 Å². The van der Waals surface area contributed by atoms with Crippen LogP contribution in [0.5, 0.6) is 11.5 Å². The average Bonchev–Trinajstić information content (AvgIpc) is 2.93. The zero-order valence-corrected chi connectivity index (χ0v) is 15.1. The maximum atomic E-state index is 12.6. The molecule has 0 saturated carbocycles. The van der Waals surface area contributed by atoms with Crippen LogP contribution in [-0.2, 0) is 15.1 Å². The first kappa shape index (κ1) is 19.3. The molecule has 1 fully saturated rings. The van der Waals surface area contributed by atoms with E-state index in [1.54, 1.807) is 32.0 Å². The molecule has 9 heteroatoms. The van der Waals surface area contributed by atoms with Crippen LogP contribution in [0.3, 0.4) is 0 Å². The molecule has 6 nitrogen and oxygen atoms in total. The zero-order chi connectivity index (χ0) is 19.8. The van der Waals surface area contributed by atoms with Crippen molar-refractivity contribution in [2.75, 3.05) is 26.3 Å². The Kier molecular flexibility index (Phi) is 4.96. The lowest BCUT2D eigenvalue weighted by Gasteiger charge is -2.30. The van der Waals surface area contributed by atoms with E-state index < -0.39 is 36.0 Å². The van der Waals surface area contributed by atoms with E-state index >= 15 is 0 Å². The Morgan fingerprint density at radius 2 is 1.89 bits per heavy atom. The van der Waals surface area contributed by atoms with Crippen molar-refractivity contribution in [2.45, 2.75) is 32.0 Å². The van der Waals surface area contributed by atoms with Crippen molar-refractivity contribution < 1.29 is 32.2 Å². The second kappa shape index (κ2) is 6.94. The molecular weight excluding hydrogens is 365 g/mol. The van der Waals surface area contributed by atoms with Gasteiger partial charge in [-0.05, 0) is 31.5 Å². The second-order valence-corrected chi connectivity index (χ2v) is 7.26. The number of benzene rings is 1. The van der Waals surface area contributed by atoms with Gasteiger partial charge in [0.05, 0.1) is 11.5 Å². The molecule has 1 aromatic rings. The van der Waals surface area contributed by atoms with Gasteiger partial charge in [0.1, 0.15) is 19.8 Å². The predicted octanol–water partition coefficient (Wildman–Crippen LogP) is 2.22. The quantitative estimate of drug-likeness (QED) is 0.862. The number of amides is 2.